The monoisotopic (exact) mass is 476 g/mol. The lowest BCUT2D eigenvalue weighted by atomic mass is 10.1. The minimum atomic E-state index is -1.19. The average Bonchev–Trinajstić information content (AvgIpc) is 3.10. The zero-order chi connectivity index (χ0) is 22.1. The van der Waals surface area contributed by atoms with Gasteiger partial charge in [-0.1, -0.05) is 58.8 Å². The molecule has 0 saturated heterocycles. The molecule has 4 aromatic rings. The molecule has 0 aliphatic rings. The molecule has 4 rings (SSSR count). The first kappa shape index (κ1) is 21.4. The molecule has 5 nitrogen and oxygen atoms in total. The van der Waals surface area contributed by atoms with E-state index in [2.05, 4.69) is 4.98 Å². The average molecular weight is 477 g/mol. The highest BCUT2D eigenvalue weighted by Crippen LogP contribution is 2.38. The number of anilines is 2. The van der Waals surface area contributed by atoms with Gasteiger partial charge in [-0.3, -0.25) is 0 Å². The fourth-order valence-corrected chi connectivity index (χ4v) is 4.83. The van der Waals surface area contributed by atoms with Crippen molar-refractivity contribution in [3.63, 3.8) is 0 Å². The Bertz CT molecular complexity index is 1250. The number of amides is 1. The third kappa shape index (κ3) is 4.30. The zero-order valence-corrected chi connectivity index (χ0v) is 18.4. The second-order valence-electron chi connectivity index (χ2n) is 6.60. The highest BCUT2D eigenvalue weighted by atomic mass is 35.5. The number of rotatable bonds is 5. The van der Waals surface area contributed by atoms with Gasteiger partial charge < -0.3 is 9.84 Å². The number of carboxylic acid groups (broad SMARTS) is 1. The summed E-state index contributed by atoms with van der Waals surface area (Å²) >= 11 is 13.6. The summed E-state index contributed by atoms with van der Waals surface area (Å²) in [5.41, 5.74) is 1.32. The first-order chi connectivity index (χ1) is 14.8. The molecule has 0 fully saturated rings. The van der Waals surface area contributed by atoms with Crippen molar-refractivity contribution >= 4 is 61.7 Å². The number of aromatic nitrogens is 1. The Balaban J connectivity index is 1.70. The highest BCUT2D eigenvalue weighted by molar-refractivity contribution is 7.22. The van der Waals surface area contributed by atoms with Crippen LogP contribution >= 0.6 is 34.5 Å². The lowest BCUT2D eigenvalue weighted by Crippen LogP contribution is -2.23. The molecule has 1 heterocycles. The van der Waals surface area contributed by atoms with Crippen LogP contribution in [0.2, 0.25) is 10.0 Å². The van der Waals surface area contributed by atoms with Gasteiger partial charge in [0.05, 0.1) is 15.9 Å². The van der Waals surface area contributed by atoms with Crippen molar-refractivity contribution in [2.24, 2.45) is 0 Å². The third-order valence-corrected chi connectivity index (χ3v) is 6.20. The third-order valence-electron chi connectivity index (χ3n) is 4.54. The molecular formula is C22H15Cl2FN2O3S. The maximum absolute atomic E-state index is 14.7. The van der Waals surface area contributed by atoms with Gasteiger partial charge >= 0.3 is 6.09 Å². The molecule has 0 aliphatic carbocycles. The second kappa shape index (κ2) is 8.70. The number of benzene rings is 3. The van der Waals surface area contributed by atoms with Gasteiger partial charge in [-0.15, -0.1) is 0 Å². The lowest BCUT2D eigenvalue weighted by Gasteiger charge is -2.18. The smallest absolute Gasteiger partial charge is 0.418 e. The molecular weight excluding hydrogens is 462 g/mol. The summed E-state index contributed by atoms with van der Waals surface area (Å²) in [6.45, 7) is 1.72. The van der Waals surface area contributed by atoms with E-state index in [4.69, 9.17) is 27.9 Å². The van der Waals surface area contributed by atoms with Gasteiger partial charge in [-0.2, -0.15) is 0 Å². The van der Waals surface area contributed by atoms with E-state index in [1.165, 1.54) is 12.1 Å². The molecule has 0 spiro atoms. The molecule has 0 bridgehead atoms. The summed E-state index contributed by atoms with van der Waals surface area (Å²) in [6, 6.07) is 16.4. The molecule has 0 saturated carbocycles. The highest BCUT2D eigenvalue weighted by Gasteiger charge is 2.23. The number of hydrogen-bond acceptors (Lipinski definition) is 4. The van der Waals surface area contributed by atoms with Gasteiger partial charge in [0.25, 0.3) is 0 Å². The molecule has 158 valence electrons. The van der Waals surface area contributed by atoms with E-state index >= 15 is 0 Å². The summed E-state index contributed by atoms with van der Waals surface area (Å²) in [5, 5.41) is 10.7. The minimum Gasteiger partial charge on any atom is -0.483 e. The molecule has 1 N–H and O–H groups in total. The number of carbonyl (C=O) groups is 1. The zero-order valence-electron chi connectivity index (χ0n) is 16.1. The SMILES string of the molecule is CC(Oc1cc2sc(N(C(=O)O)c3ccccc3)nc2cc1F)c1c(Cl)cccc1Cl. The van der Waals surface area contributed by atoms with Gasteiger partial charge in [-0.25, -0.2) is 19.1 Å². The van der Waals surface area contributed by atoms with E-state index in [1.807, 2.05) is 0 Å². The Hall–Kier alpha value is -2.87. The maximum atomic E-state index is 14.7. The van der Waals surface area contributed by atoms with E-state index in [0.29, 0.717) is 31.5 Å². The Morgan fingerprint density at radius 2 is 1.81 bits per heavy atom. The minimum absolute atomic E-state index is 0.00669. The van der Waals surface area contributed by atoms with Crippen molar-refractivity contribution in [3.05, 3.63) is 82.1 Å². The number of nitrogens with zero attached hydrogens (tertiary/aromatic N) is 2. The van der Waals surface area contributed by atoms with Gasteiger partial charge in [0, 0.05) is 27.7 Å². The Kier molecular flexibility index (Phi) is 6.00. The largest absolute Gasteiger partial charge is 0.483 e. The van der Waals surface area contributed by atoms with Crippen LogP contribution in [0.1, 0.15) is 18.6 Å². The van der Waals surface area contributed by atoms with Crippen molar-refractivity contribution in [2.75, 3.05) is 4.90 Å². The van der Waals surface area contributed by atoms with Crippen molar-refractivity contribution in [3.8, 4) is 5.75 Å². The van der Waals surface area contributed by atoms with E-state index < -0.39 is 18.0 Å². The van der Waals surface area contributed by atoms with Crippen LogP contribution in [-0.4, -0.2) is 16.2 Å². The number of hydrogen-bond donors (Lipinski definition) is 1. The van der Waals surface area contributed by atoms with E-state index in [1.54, 1.807) is 55.5 Å². The molecule has 9 heteroatoms. The molecule has 1 atom stereocenters. The standard InChI is InChI=1S/C22H15Cl2FN2O3S/c1-12(20-14(23)8-5-9-15(20)24)30-18-11-19-17(10-16(18)25)26-21(31-19)27(22(28)29)13-6-3-2-4-7-13/h2-12H,1H3,(H,28,29). The van der Waals surface area contributed by atoms with Crippen LogP contribution in [-0.2, 0) is 0 Å². The van der Waals surface area contributed by atoms with Gasteiger partial charge in [0.2, 0.25) is 5.13 Å². The molecule has 0 radical (unpaired) electrons. The number of fused-ring (bicyclic) bond motifs is 1. The first-order valence-corrected chi connectivity index (χ1v) is 10.7. The summed E-state index contributed by atoms with van der Waals surface area (Å²) in [4.78, 5) is 17.2. The van der Waals surface area contributed by atoms with Crippen LogP contribution in [0.3, 0.4) is 0 Å². The van der Waals surface area contributed by atoms with Gasteiger partial charge in [0.1, 0.15) is 6.10 Å². The van der Waals surface area contributed by atoms with Gasteiger partial charge in [0.15, 0.2) is 11.6 Å². The topological polar surface area (TPSA) is 62.7 Å². The number of ether oxygens (including phenoxy) is 1. The summed E-state index contributed by atoms with van der Waals surface area (Å²) in [6.07, 6.45) is -1.80. The fourth-order valence-electron chi connectivity index (χ4n) is 3.13. The van der Waals surface area contributed by atoms with E-state index in [9.17, 15) is 14.3 Å². The summed E-state index contributed by atoms with van der Waals surface area (Å²) in [7, 11) is 0. The fraction of sp³-hybridized carbons (Fsp3) is 0.0909. The number of thiazole rings is 1. The Labute approximate surface area is 191 Å². The van der Waals surface area contributed by atoms with Gasteiger partial charge in [-0.05, 0) is 31.2 Å². The first-order valence-electron chi connectivity index (χ1n) is 9.14. The lowest BCUT2D eigenvalue weighted by molar-refractivity contribution is 0.205. The van der Waals surface area contributed by atoms with Crippen molar-refractivity contribution in [2.45, 2.75) is 13.0 Å². The molecule has 31 heavy (non-hydrogen) atoms. The number of para-hydroxylation sites is 1. The van der Waals surface area contributed by atoms with Crippen LogP contribution in [0.25, 0.3) is 10.2 Å². The quantitative estimate of drug-likeness (QED) is 0.320. The van der Waals surface area contributed by atoms with Crippen LogP contribution in [0, 0.1) is 5.82 Å². The summed E-state index contributed by atoms with van der Waals surface area (Å²) < 4.78 is 21.1. The van der Waals surface area contributed by atoms with E-state index in [-0.39, 0.29) is 10.9 Å². The molecule has 0 aliphatic heterocycles. The molecule has 1 unspecified atom stereocenters. The van der Waals surface area contributed by atoms with Crippen LogP contribution in [0.4, 0.5) is 20.0 Å². The summed E-state index contributed by atoms with van der Waals surface area (Å²) in [5.74, 6) is -0.631. The maximum Gasteiger partial charge on any atom is 0.418 e. The predicted octanol–water partition coefficient (Wildman–Crippen LogP) is 7.70. The Morgan fingerprint density at radius 3 is 2.45 bits per heavy atom. The molecule has 1 amide bonds. The normalized spacial score (nSPS) is 12.0. The Morgan fingerprint density at radius 1 is 1.13 bits per heavy atom. The van der Waals surface area contributed by atoms with Crippen LogP contribution in [0.15, 0.2) is 60.7 Å². The second-order valence-corrected chi connectivity index (χ2v) is 8.42. The van der Waals surface area contributed by atoms with Crippen molar-refractivity contribution in [1.82, 2.24) is 4.98 Å². The number of halogens is 3. The van der Waals surface area contributed by atoms with Crippen LogP contribution < -0.4 is 9.64 Å². The predicted molar refractivity (Wildman–Crippen MR) is 122 cm³/mol. The van der Waals surface area contributed by atoms with Crippen LogP contribution in [0.5, 0.6) is 5.75 Å². The van der Waals surface area contributed by atoms with E-state index in [0.717, 1.165) is 16.2 Å². The van der Waals surface area contributed by atoms with Crippen molar-refractivity contribution < 1.29 is 19.0 Å². The molecule has 3 aromatic carbocycles. The van der Waals surface area contributed by atoms with Crippen molar-refractivity contribution in [1.29, 1.82) is 0 Å². The molecule has 1 aromatic heterocycles.